The Labute approximate surface area is 127 Å². The molecule has 4 nitrogen and oxygen atoms in total. The summed E-state index contributed by atoms with van der Waals surface area (Å²) in [5.41, 5.74) is 1.97. The lowest BCUT2D eigenvalue weighted by Gasteiger charge is -2.20. The molecule has 0 fully saturated rings. The minimum atomic E-state index is -0.771. The summed E-state index contributed by atoms with van der Waals surface area (Å²) in [6, 6.07) is 3.84. The van der Waals surface area contributed by atoms with Crippen molar-refractivity contribution in [2.24, 2.45) is 0 Å². The van der Waals surface area contributed by atoms with Crippen LogP contribution in [0.2, 0.25) is 0 Å². The van der Waals surface area contributed by atoms with Crippen molar-refractivity contribution in [1.29, 1.82) is 0 Å². The van der Waals surface area contributed by atoms with E-state index in [-0.39, 0.29) is 12.3 Å². The van der Waals surface area contributed by atoms with Gasteiger partial charge in [0.05, 0.1) is 20.6 Å². The molecule has 0 bridgehead atoms. The van der Waals surface area contributed by atoms with Gasteiger partial charge >= 0.3 is 5.97 Å². The van der Waals surface area contributed by atoms with Gasteiger partial charge in [-0.05, 0) is 36.5 Å². The lowest BCUT2D eigenvalue weighted by atomic mass is 9.88. The number of aryl methyl sites for hydroxylation is 1. The van der Waals surface area contributed by atoms with E-state index in [9.17, 15) is 4.79 Å². The number of unbranched alkanes of at least 4 members (excludes halogenated alkanes) is 2. The Hall–Kier alpha value is -1.71. The van der Waals surface area contributed by atoms with E-state index in [1.165, 1.54) is 0 Å². The summed E-state index contributed by atoms with van der Waals surface area (Å²) in [6.45, 7) is 4.11. The number of methoxy groups -OCH3 is 2. The predicted octanol–water partition coefficient (Wildman–Crippen LogP) is 4.15. The van der Waals surface area contributed by atoms with E-state index in [1.807, 2.05) is 19.1 Å². The average Bonchev–Trinajstić information content (AvgIpc) is 2.45. The lowest BCUT2D eigenvalue weighted by molar-refractivity contribution is -0.137. The van der Waals surface area contributed by atoms with E-state index in [4.69, 9.17) is 14.6 Å². The van der Waals surface area contributed by atoms with Gasteiger partial charge in [0.1, 0.15) is 11.5 Å². The molecule has 0 aromatic heterocycles. The van der Waals surface area contributed by atoms with Crippen LogP contribution in [0.4, 0.5) is 0 Å². The van der Waals surface area contributed by atoms with Gasteiger partial charge in [-0.2, -0.15) is 0 Å². The maximum absolute atomic E-state index is 11.2. The number of hydrogen-bond acceptors (Lipinski definition) is 3. The van der Waals surface area contributed by atoms with Gasteiger partial charge < -0.3 is 14.6 Å². The van der Waals surface area contributed by atoms with Gasteiger partial charge in [0.15, 0.2) is 0 Å². The van der Waals surface area contributed by atoms with Crippen molar-refractivity contribution in [3.8, 4) is 11.5 Å². The molecule has 0 saturated heterocycles. The fraction of sp³-hybridized carbons (Fsp3) is 0.588. The third-order valence-electron chi connectivity index (χ3n) is 3.76. The summed E-state index contributed by atoms with van der Waals surface area (Å²) in [4.78, 5) is 11.2. The second kappa shape index (κ2) is 8.55. The topological polar surface area (TPSA) is 55.8 Å². The van der Waals surface area contributed by atoms with Crippen molar-refractivity contribution in [3.05, 3.63) is 23.3 Å². The Morgan fingerprint density at radius 3 is 2.38 bits per heavy atom. The quantitative estimate of drug-likeness (QED) is 0.695. The number of ether oxygens (including phenoxy) is 2. The fourth-order valence-corrected chi connectivity index (χ4v) is 2.63. The number of benzene rings is 1. The Balaban J connectivity index is 3.09. The molecule has 0 heterocycles. The summed E-state index contributed by atoms with van der Waals surface area (Å²) in [5, 5.41) is 9.17. The zero-order valence-electron chi connectivity index (χ0n) is 13.4. The molecule has 1 unspecified atom stereocenters. The molecular weight excluding hydrogens is 268 g/mol. The molecule has 118 valence electrons. The van der Waals surface area contributed by atoms with Crippen molar-refractivity contribution in [2.75, 3.05) is 14.2 Å². The number of carboxylic acids is 1. The van der Waals surface area contributed by atoms with Crippen molar-refractivity contribution >= 4 is 5.97 Å². The van der Waals surface area contributed by atoms with Crippen LogP contribution in [-0.4, -0.2) is 25.3 Å². The van der Waals surface area contributed by atoms with Crippen LogP contribution < -0.4 is 9.47 Å². The summed E-state index contributed by atoms with van der Waals surface area (Å²) < 4.78 is 10.7. The van der Waals surface area contributed by atoms with Gasteiger partial charge in [-0.15, -0.1) is 0 Å². The molecule has 0 aliphatic heterocycles. The summed E-state index contributed by atoms with van der Waals surface area (Å²) in [6.07, 6.45) is 4.27. The molecular formula is C17H26O4. The first kappa shape index (κ1) is 17.3. The summed E-state index contributed by atoms with van der Waals surface area (Å²) >= 11 is 0. The molecule has 21 heavy (non-hydrogen) atoms. The van der Waals surface area contributed by atoms with Crippen molar-refractivity contribution in [2.45, 2.75) is 51.9 Å². The Morgan fingerprint density at radius 1 is 1.19 bits per heavy atom. The van der Waals surface area contributed by atoms with Crippen molar-refractivity contribution in [1.82, 2.24) is 0 Å². The first-order valence-corrected chi connectivity index (χ1v) is 7.47. The van der Waals surface area contributed by atoms with E-state index < -0.39 is 5.97 Å². The van der Waals surface area contributed by atoms with Crippen LogP contribution in [0.15, 0.2) is 12.1 Å². The summed E-state index contributed by atoms with van der Waals surface area (Å²) in [5.74, 6) is 0.680. The Bertz CT molecular complexity index is 468. The van der Waals surface area contributed by atoms with Gasteiger partial charge in [0.25, 0.3) is 0 Å². The Kier molecular flexibility index (Phi) is 7.06. The SMILES string of the molecule is CCCCCC(CC(=O)O)c1cc(C)c(OC)cc1OC. The van der Waals surface area contributed by atoms with Gasteiger partial charge in [0, 0.05) is 6.07 Å². The molecule has 1 aromatic rings. The number of aliphatic carboxylic acids is 1. The van der Waals surface area contributed by atoms with Crippen molar-refractivity contribution < 1.29 is 19.4 Å². The molecule has 0 aliphatic rings. The molecule has 0 amide bonds. The third-order valence-corrected chi connectivity index (χ3v) is 3.76. The molecule has 0 spiro atoms. The van der Waals surface area contributed by atoms with Gasteiger partial charge in [-0.1, -0.05) is 26.2 Å². The van der Waals surface area contributed by atoms with Crippen LogP contribution in [0.1, 0.15) is 56.1 Å². The number of carboxylic acid groups (broad SMARTS) is 1. The summed E-state index contributed by atoms with van der Waals surface area (Å²) in [7, 11) is 3.23. The first-order chi connectivity index (χ1) is 10.0. The van der Waals surface area contributed by atoms with E-state index in [0.29, 0.717) is 5.75 Å². The molecule has 1 N–H and O–H groups in total. The molecule has 1 rings (SSSR count). The minimum Gasteiger partial charge on any atom is -0.496 e. The molecule has 0 saturated carbocycles. The standard InChI is InChI=1S/C17H26O4/c1-5-6-7-8-13(10-17(18)19)14-9-12(2)15(20-3)11-16(14)21-4/h9,11,13H,5-8,10H2,1-4H3,(H,18,19). The second-order valence-electron chi connectivity index (χ2n) is 5.35. The first-order valence-electron chi connectivity index (χ1n) is 7.47. The van der Waals surface area contributed by atoms with Crippen LogP contribution >= 0.6 is 0 Å². The van der Waals surface area contributed by atoms with Crippen LogP contribution in [0.25, 0.3) is 0 Å². The molecule has 4 heteroatoms. The monoisotopic (exact) mass is 294 g/mol. The van der Waals surface area contributed by atoms with Crippen molar-refractivity contribution in [3.63, 3.8) is 0 Å². The normalized spacial score (nSPS) is 12.0. The van der Waals surface area contributed by atoms with Crippen LogP contribution in [0, 0.1) is 6.92 Å². The van der Waals surface area contributed by atoms with E-state index in [0.717, 1.165) is 42.6 Å². The van der Waals surface area contributed by atoms with E-state index >= 15 is 0 Å². The van der Waals surface area contributed by atoms with Gasteiger partial charge in [0.2, 0.25) is 0 Å². The third kappa shape index (κ3) is 4.96. The molecule has 0 aliphatic carbocycles. The van der Waals surface area contributed by atoms with E-state index in [1.54, 1.807) is 14.2 Å². The fourth-order valence-electron chi connectivity index (χ4n) is 2.63. The highest BCUT2D eigenvalue weighted by atomic mass is 16.5. The van der Waals surface area contributed by atoms with E-state index in [2.05, 4.69) is 6.92 Å². The molecule has 1 aromatic carbocycles. The average molecular weight is 294 g/mol. The maximum Gasteiger partial charge on any atom is 0.303 e. The zero-order valence-corrected chi connectivity index (χ0v) is 13.4. The molecule has 0 radical (unpaired) electrons. The lowest BCUT2D eigenvalue weighted by Crippen LogP contribution is -2.09. The zero-order chi connectivity index (χ0) is 15.8. The van der Waals surface area contributed by atoms with Crippen LogP contribution in [-0.2, 0) is 4.79 Å². The highest BCUT2D eigenvalue weighted by molar-refractivity contribution is 5.68. The number of hydrogen-bond donors (Lipinski definition) is 1. The van der Waals surface area contributed by atoms with Crippen LogP contribution in [0.5, 0.6) is 11.5 Å². The maximum atomic E-state index is 11.2. The van der Waals surface area contributed by atoms with Gasteiger partial charge in [-0.3, -0.25) is 4.79 Å². The highest BCUT2D eigenvalue weighted by Gasteiger charge is 2.20. The minimum absolute atomic E-state index is 0.0198. The van der Waals surface area contributed by atoms with Crippen LogP contribution in [0.3, 0.4) is 0 Å². The largest absolute Gasteiger partial charge is 0.496 e. The predicted molar refractivity (Wildman–Crippen MR) is 83.4 cm³/mol. The number of carbonyl (C=O) groups is 1. The number of rotatable bonds is 9. The second-order valence-corrected chi connectivity index (χ2v) is 5.35. The molecule has 1 atom stereocenters. The Morgan fingerprint density at radius 2 is 1.86 bits per heavy atom. The smallest absolute Gasteiger partial charge is 0.303 e. The van der Waals surface area contributed by atoms with Gasteiger partial charge in [-0.25, -0.2) is 0 Å². The highest BCUT2D eigenvalue weighted by Crippen LogP contribution is 2.37.